The number of likely N-dealkylation sites (tertiary alicyclic amines) is 1. The standard InChI is InChI=1S/C15H24NO/c1-14-7-6-10-16(2,13-14)11-12-17-15-8-4-3-5-9-15/h3-5,8-9,14H,6-7,10-13H2,1-2H3/q+1/t14-,16-/m1/s1. The van der Waals surface area contributed by atoms with Crippen molar-refractivity contribution in [3.05, 3.63) is 30.3 Å². The third-order valence-electron chi connectivity index (χ3n) is 3.79. The third kappa shape index (κ3) is 3.74. The number of hydrogen-bond acceptors (Lipinski definition) is 1. The van der Waals surface area contributed by atoms with E-state index < -0.39 is 0 Å². The van der Waals surface area contributed by atoms with Crippen molar-refractivity contribution in [2.45, 2.75) is 19.8 Å². The number of piperidine rings is 1. The molecule has 0 aromatic heterocycles. The second-order valence-corrected chi connectivity index (χ2v) is 5.66. The van der Waals surface area contributed by atoms with E-state index in [2.05, 4.69) is 14.0 Å². The molecule has 0 radical (unpaired) electrons. The van der Waals surface area contributed by atoms with Crippen molar-refractivity contribution >= 4 is 0 Å². The summed E-state index contributed by atoms with van der Waals surface area (Å²) >= 11 is 0. The average molecular weight is 234 g/mol. The second kappa shape index (κ2) is 5.54. The lowest BCUT2D eigenvalue weighted by Crippen LogP contribution is -2.52. The van der Waals surface area contributed by atoms with Gasteiger partial charge in [0.1, 0.15) is 18.9 Å². The van der Waals surface area contributed by atoms with Gasteiger partial charge in [0.25, 0.3) is 0 Å². The zero-order valence-electron chi connectivity index (χ0n) is 11.1. The highest BCUT2D eigenvalue weighted by molar-refractivity contribution is 5.20. The summed E-state index contributed by atoms with van der Waals surface area (Å²) in [5.41, 5.74) is 0. The molecular weight excluding hydrogens is 210 g/mol. The fraction of sp³-hybridized carbons (Fsp3) is 0.600. The maximum Gasteiger partial charge on any atom is 0.137 e. The number of rotatable bonds is 4. The predicted molar refractivity (Wildman–Crippen MR) is 71.1 cm³/mol. The minimum atomic E-state index is 0.827. The molecule has 1 aliphatic rings. The topological polar surface area (TPSA) is 9.23 Å². The van der Waals surface area contributed by atoms with Crippen LogP contribution in [-0.2, 0) is 0 Å². The first-order chi connectivity index (χ1) is 8.18. The monoisotopic (exact) mass is 234 g/mol. The van der Waals surface area contributed by atoms with E-state index >= 15 is 0 Å². The van der Waals surface area contributed by atoms with E-state index in [1.165, 1.54) is 30.4 Å². The van der Waals surface area contributed by atoms with Crippen molar-refractivity contribution in [2.75, 3.05) is 33.3 Å². The van der Waals surface area contributed by atoms with Crippen molar-refractivity contribution in [1.82, 2.24) is 0 Å². The lowest BCUT2D eigenvalue weighted by molar-refractivity contribution is -0.917. The first kappa shape index (κ1) is 12.4. The Hall–Kier alpha value is -1.02. The van der Waals surface area contributed by atoms with E-state index in [-0.39, 0.29) is 0 Å². The van der Waals surface area contributed by atoms with Crippen LogP contribution >= 0.6 is 0 Å². The van der Waals surface area contributed by atoms with E-state index in [0.717, 1.165) is 24.8 Å². The molecule has 1 aliphatic heterocycles. The first-order valence-electron chi connectivity index (χ1n) is 6.69. The van der Waals surface area contributed by atoms with Gasteiger partial charge in [0.2, 0.25) is 0 Å². The molecular formula is C15H24NO+. The lowest BCUT2D eigenvalue weighted by Gasteiger charge is -2.40. The van der Waals surface area contributed by atoms with Crippen LogP contribution in [0.3, 0.4) is 0 Å². The van der Waals surface area contributed by atoms with Crippen molar-refractivity contribution < 1.29 is 9.22 Å². The summed E-state index contributed by atoms with van der Waals surface area (Å²) in [5, 5.41) is 0. The Morgan fingerprint density at radius 3 is 2.76 bits per heavy atom. The van der Waals surface area contributed by atoms with Crippen LogP contribution in [-0.4, -0.2) is 37.8 Å². The molecule has 2 nitrogen and oxygen atoms in total. The third-order valence-corrected chi connectivity index (χ3v) is 3.79. The van der Waals surface area contributed by atoms with E-state index in [4.69, 9.17) is 4.74 Å². The molecule has 0 bridgehead atoms. The molecule has 1 heterocycles. The summed E-state index contributed by atoms with van der Waals surface area (Å²) in [7, 11) is 2.37. The zero-order chi connectivity index (χ0) is 12.1. The van der Waals surface area contributed by atoms with Gasteiger partial charge < -0.3 is 9.22 Å². The normalized spacial score (nSPS) is 28.9. The summed E-state index contributed by atoms with van der Waals surface area (Å²) in [6.07, 6.45) is 2.76. The molecule has 1 saturated heterocycles. The van der Waals surface area contributed by atoms with Crippen LogP contribution in [0.25, 0.3) is 0 Å². The molecule has 0 amide bonds. The van der Waals surface area contributed by atoms with Crippen molar-refractivity contribution in [3.8, 4) is 5.75 Å². The highest BCUT2D eigenvalue weighted by atomic mass is 16.5. The van der Waals surface area contributed by atoms with Gasteiger partial charge >= 0.3 is 0 Å². The molecule has 1 fully saturated rings. The van der Waals surface area contributed by atoms with Crippen LogP contribution in [0.2, 0.25) is 0 Å². The second-order valence-electron chi connectivity index (χ2n) is 5.66. The predicted octanol–water partition coefficient (Wildman–Crippen LogP) is 2.94. The Kier molecular flexibility index (Phi) is 4.06. The molecule has 1 aromatic carbocycles. The molecule has 0 N–H and O–H groups in total. The molecule has 0 unspecified atom stereocenters. The molecule has 0 saturated carbocycles. The fourth-order valence-corrected chi connectivity index (χ4v) is 2.86. The van der Waals surface area contributed by atoms with Crippen LogP contribution in [0.15, 0.2) is 30.3 Å². The minimum absolute atomic E-state index is 0.827. The maximum absolute atomic E-state index is 5.79. The van der Waals surface area contributed by atoms with Gasteiger partial charge in [-0.05, 0) is 25.0 Å². The Labute approximate surface area is 105 Å². The van der Waals surface area contributed by atoms with Gasteiger partial charge in [-0.1, -0.05) is 25.1 Å². The van der Waals surface area contributed by atoms with Crippen LogP contribution < -0.4 is 4.74 Å². The number of para-hydroxylation sites is 1. The van der Waals surface area contributed by atoms with Gasteiger partial charge in [0, 0.05) is 5.92 Å². The summed E-state index contributed by atoms with van der Waals surface area (Å²) in [6.45, 7) is 6.93. The van der Waals surface area contributed by atoms with Crippen LogP contribution in [0.1, 0.15) is 19.8 Å². The van der Waals surface area contributed by atoms with Crippen molar-refractivity contribution in [3.63, 3.8) is 0 Å². The zero-order valence-corrected chi connectivity index (χ0v) is 11.1. The van der Waals surface area contributed by atoms with E-state index in [1.54, 1.807) is 0 Å². The Morgan fingerprint density at radius 2 is 2.06 bits per heavy atom. The highest BCUT2D eigenvalue weighted by Gasteiger charge is 2.28. The number of quaternary nitrogens is 1. The van der Waals surface area contributed by atoms with Gasteiger partial charge in [0.05, 0.1) is 20.1 Å². The SMILES string of the molecule is C[C@@H]1CCC[N@+](C)(CCOc2ccccc2)C1. The van der Waals surface area contributed by atoms with Crippen LogP contribution in [0.5, 0.6) is 5.75 Å². The first-order valence-corrected chi connectivity index (χ1v) is 6.69. The smallest absolute Gasteiger partial charge is 0.137 e. The lowest BCUT2D eigenvalue weighted by atomic mass is 9.98. The molecule has 2 heteroatoms. The number of likely N-dealkylation sites (N-methyl/N-ethyl adjacent to an activating group) is 1. The number of benzene rings is 1. The summed E-state index contributed by atoms with van der Waals surface area (Å²) < 4.78 is 6.97. The Balaban J connectivity index is 1.78. The Bertz CT molecular complexity index is 338. The van der Waals surface area contributed by atoms with Gasteiger partial charge in [-0.2, -0.15) is 0 Å². The molecule has 2 atom stereocenters. The van der Waals surface area contributed by atoms with Crippen molar-refractivity contribution in [2.24, 2.45) is 5.92 Å². The minimum Gasteiger partial charge on any atom is -0.488 e. The molecule has 0 spiro atoms. The van der Waals surface area contributed by atoms with Gasteiger partial charge in [-0.25, -0.2) is 0 Å². The molecule has 17 heavy (non-hydrogen) atoms. The number of nitrogens with zero attached hydrogens (tertiary/aromatic N) is 1. The quantitative estimate of drug-likeness (QED) is 0.728. The van der Waals surface area contributed by atoms with Gasteiger partial charge in [0.15, 0.2) is 0 Å². The van der Waals surface area contributed by atoms with Crippen molar-refractivity contribution in [1.29, 1.82) is 0 Å². The summed E-state index contributed by atoms with van der Waals surface area (Å²) in [6, 6.07) is 10.1. The molecule has 94 valence electrons. The van der Waals surface area contributed by atoms with E-state index in [9.17, 15) is 0 Å². The van der Waals surface area contributed by atoms with Crippen LogP contribution in [0.4, 0.5) is 0 Å². The molecule has 1 aromatic rings. The van der Waals surface area contributed by atoms with E-state index in [0.29, 0.717) is 0 Å². The number of hydrogen-bond donors (Lipinski definition) is 0. The average Bonchev–Trinajstić information content (AvgIpc) is 2.30. The largest absolute Gasteiger partial charge is 0.488 e. The summed E-state index contributed by atoms with van der Waals surface area (Å²) in [5.74, 6) is 1.86. The maximum atomic E-state index is 5.79. The Morgan fingerprint density at radius 1 is 1.29 bits per heavy atom. The highest BCUT2D eigenvalue weighted by Crippen LogP contribution is 2.21. The van der Waals surface area contributed by atoms with E-state index in [1.807, 2.05) is 30.3 Å². The fourth-order valence-electron chi connectivity index (χ4n) is 2.86. The van der Waals surface area contributed by atoms with Gasteiger partial charge in [-0.15, -0.1) is 0 Å². The number of ether oxygens (including phenoxy) is 1. The van der Waals surface area contributed by atoms with Gasteiger partial charge in [-0.3, -0.25) is 0 Å². The molecule has 0 aliphatic carbocycles. The molecule has 2 rings (SSSR count). The summed E-state index contributed by atoms with van der Waals surface area (Å²) in [4.78, 5) is 0. The van der Waals surface area contributed by atoms with Crippen LogP contribution in [0, 0.1) is 5.92 Å².